The molecule has 0 saturated heterocycles. The number of amides is 1. The molecule has 0 aliphatic carbocycles. The maximum Gasteiger partial charge on any atom is 0.242 e. The second-order valence-electron chi connectivity index (χ2n) is 4.62. The smallest absolute Gasteiger partial charge is 0.242 e. The third kappa shape index (κ3) is 3.89. The van der Waals surface area contributed by atoms with Gasteiger partial charge in [-0.25, -0.2) is 12.8 Å². The van der Waals surface area contributed by atoms with E-state index >= 15 is 0 Å². The van der Waals surface area contributed by atoms with Gasteiger partial charge >= 0.3 is 0 Å². The molecule has 1 aromatic carbocycles. The van der Waals surface area contributed by atoms with Crippen LogP contribution in [-0.2, 0) is 14.8 Å². The Morgan fingerprint density at radius 3 is 2.73 bits per heavy atom. The highest BCUT2D eigenvalue weighted by Gasteiger charge is 2.17. The number of halogens is 1. The highest BCUT2D eigenvalue weighted by molar-refractivity contribution is 7.88. The number of likely N-dealkylation sites (N-methyl/N-ethyl adjacent to an activating group) is 1. The Bertz CT molecular complexity index is 788. The number of aromatic nitrogens is 1. The van der Waals surface area contributed by atoms with Crippen molar-refractivity contribution in [2.45, 2.75) is 0 Å². The van der Waals surface area contributed by atoms with Crippen LogP contribution in [0.1, 0.15) is 0 Å². The first kappa shape index (κ1) is 16.1. The Kier molecular flexibility index (Phi) is 4.57. The van der Waals surface area contributed by atoms with E-state index in [0.717, 1.165) is 10.6 Å². The molecule has 0 bridgehead atoms. The minimum absolute atomic E-state index is 0.00477. The van der Waals surface area contributed by atoms with E-state index in [1.807, 2.05) is 0 Å². The Balaban J connectivity index is 2.07. The van der Waals surface area contributed by atoms with Gasteiger partial charge in [-0.15, -0.1) is 0 Å². The lowest BCUT2D eigenvalue weighted by atomic mass is 10.1. The quantitative estimate of drug-likeness (QED) is 0.894. The minimum Gasteiger partial charge on any atom is -0.338 e. The van der Waals surface area contributed by atoms with Crippen LogP contribution in [0.25, 0.3) is 11.3 Å². The fraction of sp³-hybridized carbons (Fsp3) is 0.231. The van der Waals surface area contributed by atoms with E-state index in [1.165, 1.54) is 25.2 Å². The minimum atomic E-state index is -3.46. The molecule has 0 saturated carbocycles. The van der Waals surface area contributed by atoms with Crippen LogP contribution in [-0.4, -0.2) is 43.6 Å². The first-order valence-electron chi connectivity index (χ1n) is 6.20. The Morgan fingerprint density at radius 1 is 1.41 bits per heavy atom. The summed E-state index contributed by atoms with van der Waals surface area (Å²) in [5.74, 6) is -1.06. The molecule has 9 heteroatoms. The van der Waals surface area contributed by atoms with Crippen molar-refractivity contribution in [1.82, 2.24) is 9.46 Å². The van der Waals surface area contributed by atoms with Crippen molar-refractivity contribution in [2.24, 2.45) is 0 Å². The topological polar surface area (TPSA) is 92.5 Å². The second kappa shape index (κ2) is 6.24. The molecule has 0 radical (unpaired) electrons. The molecule has 1 N–H and O–H groups in total. The average Bonchev–Trinajstić information content (AvgIpc) is 2.86. The number of nitrogens with zero attached hydrogens (tertiary/aromatic N) is 2. The first-order chi connectivity index (χ1) is 10.3. The highest BCUT2D eigenvalue weighted by Crippen LogP contribution is 2.24. The molecule has 1 heterocycles. The second-order valence-corrected chi connectivity index (χ2v) is 6.71. The lowest BCUT2D eigenvalue weighted by molar-refractivity contribution is -0.116. The number of rotatable bonds is 5. The lowest BCUT2D eigenvalue weighted by Gasteiger charge is -2.12. The van der Waals surface area contributed by atoms with Crippen molar-refractivity contribution in [1.29, 1.82) is 0 Å². The summed E-state index contributed by atoms with van der Waals surface area (Å²) in [5, 5.41) is 6.02. The van der Waals surface area contributed by atoms with Crippen molar-refractivity contribution in [3.8, 4) is 11.3 Å². The molecule has 7 nitrogen and oxygen atoms in total. The molecule has 118 valence electrons. The molecule has 2 aromatic rings. The van der Waals surface area contributed by atoms with E-state index in [9.17, 15) is 17.6 Å². The number of hydrogen-bond donors (Lipinski definition) is 1. The summed E-state index contributed by atoms with van der Waals surface area (Å²) in [7, 11) is -2.18. The Labute approximate surface area is 126 Å². The van der Waals surface area contributed by atoms with Gasteiger partial charge in [-0.3, -0.25) is 10.1 Å². The van der Waals surface area contributed by atoms with E-state index in [-0.39, 0.29) is 23.7 Å². The van der Waals surface area contributed by atoms with E-state index in [0.29, 0.717) is 0 Å². The molecule has 1 amide bonds. The number of sulfonamides is 1. The number of benzene rings is 1. The van der Waals surface area contributed by atoms with Gasteiger partial charge in [0.2, 0.25) is 21.8 Å². The standard InChI is InChI=1S/C13H14FN3O4S/c1-17(22(2,19)20)8-12(18)15-13-7-11(16-21-13)9-5-3-4-6-10(9)14/h3-7H,8H2,1-2H3,(H,15,18). The Hall–Kier alpha value is -2.26. The number of carbonyl (C=O) groups excluding carboxylic acids is 1. The summed E-state index contributed by atoms with van der Waals surface area (Å²) in [6, 6.07) is 7.35. The van der Waals surface area contributed by atoms with Crippen LogP contribution >= 0.6 is 0 Å². The summed E-state index contributed by atoms with van der Waals surface area (Å²) in [4.78, 5) is 11.7. The summed E-state index contributed by atoms with van der Waals surface area (Å²) in [6.45, 7) is -0.367. The van der Waals surface area contributed by atoms with Crippen molar-refractivity contribution in [3.05, 3.63) is 36.1 Å². The molecular formula is C13H14FN3O4S. The first-order valence-corrected chi connectivity index (χ1v) is 8.05. The molecule has 0 unspecified atom stereocenters. The number of anilines is 1. The highest BCUT2D eigenvalue weighted by atomic mass is 32.2. The Morgan fingerprint density at radius 2 is 2.09 bits per heavy atom. The molecule has 1 aromatic heterocycles. The fourth-order valence-electron chi connectivity index (χ4n) is 1.63. The van der Waals surface area contributed by atoms with Crippen LogP contribution in [0.3, 0.4) is 0 Å². The van der Waals surface area contributed by atoms with Gasteiger partial charge in [0.15, 0.2) is 0 Å². The van der Waals surface area contributed by atoms with E-state index in [2.05, 4.69) is 10.5 Å². The average molecular weight is 327 g/mol. The maximum atomic E-state index is 13.6. The summed E-state index contributed by atoms with van der Waals surface area (Å²) < 4.78 is 41.8. The van der Waals surface area contributed by atoms with Gasteiger partial charge in [-0.1, -0.05) is 17.3 Å². The van der Waals surface area contributed by atoms with Crippen molar-refractivity contribution >= 4 is 21.8 Å². The van der Waals surface area contributed by atoms with E-state index in [1.54, 1.807) is 12.1 Å². The monoisotopic (exact) mass is 327 g/mol. The van der Waals surface area contributed by atoms with Crippen LogP contribution in [0.4, 0.5) is 10.3 Å². The molecule has 0 atom stereocenters. The zero-order valence-electron chi connectivity index (χ0n) is 11.9. The predicted octanol–water partition coefficient (Wildman–Crippen LogP) is 1.31. The largest absolute Gasteiger partial charge is 0.338 e. The molecule has 0 fully saturated rings. The molecule has 22 heavy (non-hydrogen) atoms. The summed E-state index contributed by atoms with van der Waals surface area (Å²) >= 11 is 0. The van der Waals surface area contributed by atoms with E-state index in [4.69, 9.17) is 4.52 Å². The third-order valence-electron chi connectivity index (χ3n) is 2.86. The van der Waals surface area contributed by atoms with Gasteiger partial charge in [0, 0.05) is 18.7 Å². The van der Waals surface area contributed by atoms with Gasteiger partial charge in [0.25, 0.3) is 0 Å². The van der Waals surface area contributed by atoms with Crippen molar-refractivity contribution in [3.63, 3.8) is 0 Å². The van der Waals surface area contributed by atoms with Crippen molar-refractivity contribution < 1.29 is 22.1 Å². The number of hydrogen-bond acceptors (Lipinski definition) is 5. The normalized spacial score (nSPS) is 11.6. The molecular weight excluding hydrogens is 313 g/mol. The summed E-state index contributed by atoms with van der Waals surface area (Å²) in [6.07, 6.45) is 0.991. The van der Waals surface area contributed by atoms with Crippen LogP contribution in [0.15, 0.2) is 34.9 Å². The van der Waals surface area contributed by atoms with Crippen LogP contribution < -0.4 is 5.32 Å². The molecule has 0 aliphatic rings. The van der Waals surface area contributed by atoms with Crippen molar-refractivity contribution in [2.75, 3.05) is 25.2 Å². The third-order valence-corrected chi connectivity index (χ3v) is 4.12. The van der Waals surface area contributed by atoms with Gasteiger partial charge in [-0.05, 0) is 12.1 Å². The van der Waals surface area contributed by atoms with E-state index < -0.39 is 21.7 Å². The summed E-state index contributed by atoms with van der Waals surface area (Å²) in [5.41, 5.74) is 0.463. The van der Waals surface area contributed by atoms with Gasteiger partial charge in [-0.2, -0.15) is 4.31 Å². The maximum absolute atomic E-state index is 13.6. The fourth-order valence-corrected chi connectivity index (χ4v) is 1.98. The molecule has 0 aliphatic heterocycles. The SMILES string of the molecule is CN(CC(=O)Nc1cc(-c2ccccc2F)no1)S(C)(=O)=O. The van der Waals surface area contributed by atoms with Gasteiger partial charge in [0.05, 0.1) is 12.8 Å². The zero-order valence-corrected chi connectivity index (χ0v) is 12.7. The van der Waals surface area contributed by atoms with Gasteiger partial charge < -0.3 is 4.52 Å². The van der Waals surface area contributed by atoms with Gasteiger partial charge in [0.1, 0.15) is 11.5 Å². The number of nitrogens with one attached hydrogen (secondary N) is 1. The van der Waals surface area contributed by atoms with Crippen LogP contribution in [0.5, 0.6) is 0 Å². The molecule has 0 spiro atoms. The molecule has 2 rings (SSSR count). The number of carbonyl (C=O) groups is 1. The lowest BCUT2D eigenvalue weighted by Crippen LogP contribution is -2.34. The van der Waals surface area contributed by atoms with Crippen LogP contribution in [0, 0.1) is 5.82 Å². The zero-order chi connectivity index (χ0) is 16.3. The predicted molar refractivity (Wildman–Crippen MR) is 78.0 cm³/mol. The van der Waals surface area contributed by atoms with Crippen LogP contribution in [0.2, 0.25) is 0 Å².